The van der Waals surface area contributed by atoms with Crippen molar-refractivity contribution in [2.45, 2.75) is 12.8 Å². The molecule has 1 amide bonds. The van der Waals surface area contributed by atoms with E-state index >= 15 is 0 Å². The lowest BCUT2D eigenvalue weighted by molar-refractivity contribution is 0.0796. The molecule has 0 aliphatic heterocycles. The van der Waals surface area contributed by atoms with Gasteiger partial charge in [-0.25, -0.2) is 0 Å². The summed E-state index contributed by atoms with van der Waals surface area (Å²) in [6, 6.07) is 10.0. The summed E-state index contributed by atoms with van der Waals surface area (Å²) < 4.78 is 17.0. The van der Waals surface area contributed by atoms with Crippen LogP contribution in [0, 0.1) is 24.7 Å². The molecule has 0 atom stereocenters. The van der Waals surface area contributed by atoms with Gasteiger partial charge in [0.05, 0.1) is 36.3 Å². The number of unbranched alkanes of at least 4 members (excludes halogenated alkanes) is 1. The number of carbonyl (C=O) groups excluding carboxylic acids is 1. The second kappa shape index (κ2) is 15.4. The predicted octanol–water partition coefficient (Wildman–Crippen LogP) is 6.64. The number of benzene rings is 2. The van der Waals surface area contributed by atoms with Gasteiger partial charge in [-0.2, -0.15) is 0 Å². The van der Waals surface area contributed by atoms with E-state index in [-0.39, 0.29) is 30.1 Å². The molecule has 0 aliphatic carbocycles. The zero-order valence-electron chi connectivity index (χ0n) is 18.7. The average Bonchev–Trinajstić information content (AvgIpc) is 2.82. The van der Waals surface area contributed by atoms with E-state index in [1.165, 1.54) is 11.0 Å². The molecule has 2 aromatic rings. The lowest BCUT2D eigenvalue weighted by atomic mass is 10.2. The second-order valence-corrected chi connectivity index (χ2v) is 8.84. The van der Waals surface area contributed by atoms with Crippen LogP contribution in [0.4, 0.5) is 0 Å². The molecule has 2 rings (SSSR count). The maximum Gasteiger partial charge on any atom is 0.255 e. The van der Waals surface area contributed by atoms with Crippen molar-refractivity contribution in [3.8, 4) is 41.9 Å². The van der Waals surface area contributed by atoms with Crippen LogP contribution < -0.4 is 14.2 Å². The van der Waals surface area contributed by atoms with Crippen LogP contribution in [0.1, 0.15) is 23.2 Å². The molecule has 184 valence electrons. The van der Waals surface area contributed by atoms with Crippen LogP contribution in [-0.4, -0.2) is 43.7 Å². The lowest BCUT2D eigenvalue weighted by Crippen LogP contribution is -2.31. The third-order valence-corrected chi connectivity index (χ3v) is 5.34. The fourth-order valence-corrected chi connectivity index (χ4v) is 3.53. The van der Waals surface area contributed by atoms with E-state index in [0.29, 0.717) is 52.5 Å². The Labute approximate surface area is 225 Å². The molecule has 0 heterocycles. The highest BCUT2D eigenvalue weighted by Gasteiger charge is 2.14. The highest BCUT2D eigenvalue weighted by molar-refractivity contribution is 6.55. The van der Waals surface area contributed by atoms with Crippen molar-refractivity contribution in [2.24, 2.45) is 0 Å². The molecule has 2 aromatic carbocycles. The first-order valence-corrected chi connectivity index (χ1v) is 12.0. The standard InChI is InChI=1S/C26H23Cl4NO4/c1-3-12-31(13-4-2)26(32)19-7-9-20(10-8-19)33-14-5-6-15-35-25-22(27)17-21(18-23(25)28)34-16-11-24(29)30/h1-2,7-11,17-18H,5-6,12-16H2. The number of hydrogen-bond donors (Lipinski definition) is 0. The lowest BCUT2D eigenvalue weighted by Gasteiger charge is -2.17. The van der Waals surface area contributed by atoms with Crippen LogP contribution >= 0.6 is 46.4 Å². The van der Waals surface area contributed by atoms with Crippen LogP contribution in [0.15, 0.2) is 47.0 Å². The van der Waals surface area contributed by atoms with Gasteiger partial charge in [0.2, 0.25) is 0 Å². The third kappa shape index (κ3) is 9.84. The largest absolute Gasteiger partial charge is 0.494 e. The summed E-state index contributed by atoms with van der Waals surface area (Å²) >= 11 is 23.6. The number of amides is 1. The summed E-state index contributed by atoms with van der Waals surface area (Å²) in [5.41, 5.74) is 0.487. The van der Waals surface area contributed by atoms with Crippen molar-refractivity contribution in [1.82, 2.24) is 4.90 Å². The fourth-order valence-electron chi connectivity index (χ4n) is 2.82. The van der Waals surface area contributed by atoms with Crippen molar-refractivity contribution in [1.29, 1.82) is 0 Å². The van der Waals surface area contributed by atoms with Crippen LogP contribution in [0.25, 0.3) is 0 Å². The highest BCUT2D eigenvalue weighted by Crippen LogP contribution is 2.37. The van der Waals surface area contributed by atoms with Gasteiger partial charge in [-0.3, -0.25) is 4.79 Å². The maximum absolute atomic E-state index is 12.5. The summed E-state index contributed by atoms with van der Waals surface area (Å²) in [5, 5.41) is 0.671. The number of carbonyl (C=O) groups is 1. The summed E-state index contributed by atoms with van der Waals surface area (Å²) in [4.78, 5) is 13.9. The monoisotopic (exact) mass is 553 g/mol. The van der Waals surface area contributed by atoms with Gasteiger partial charge in [0, 0.05) is 17.7 Å². The first-order valence-electron chi connectivity index (χ1n) is 10.5. The average molecular weight is 555 g/mol. The van der Waals surface area contributed by atoms with Crippen LogP contribution in [0.2, 0.25) is 10.0 Å². The molecule has 0 N–H and O–H groups in total. The van der Waals surface area contributed by atoms with Crippen LogP contribution in [0.3, 0.4) is 0 Å². The molecule has 0 spiro atoms. The maximum atomic E-state index is 12.5. The van der Waals surface area contributed by atoms with E-state index in [1.807, 2.05) is 0 Å². The van der Waals surface area contributed by atoms with E-state index in [2.05, 4.69) is 11.8 Å². The molecule has 9 heteroatoms. The van der Waals surface area contributed by atoms with Crippen molar-refractivity contribution >= 4 is 52.3 Å². The third-order valence-electron chi connectivity index (χ3n) is 4.47. The van der Waals surface area contributed by atoms with E-state index < -0.39 is 0 Å². The summed E-state index contributed by atoms with van der Waals surface area (Å²) in [7, 11) is 0. The van der Waals surface area contributed by atoms with Gasteiger partial charge in [-0.05, 0) is 43.2 Å². The number of hydrogen-bond acceptors (Lipinski definition) is 4. The minimum Gasteiger partial charge on any atom is -0.494 e. The molecule has 0 bridgehead atoms. The van der Waals surface area contributed by atoms with Crippen LogP contribution in [0.5, 0.6) is 17.2 Å². The zero-order valence-corrected chi connectivity index (χ0v) is 21.8. The second-order valence-electron chi connectivity index (χ2n) is 7.02. The molecular weight excluding hydrogens is 532 g/mol. The van der Waals surface area contributed by atoms with E-state index in [9.17, 15) is 4.79 Å². The van der Waals surface area contributed by atoms with Crippen molar-refractivity contribution < 1.29 is 19.0 Å². The Morgan fingerprint density at radius 3 is 2.00 bits per heavy atom. The SMILES string of the molecule is C#CCN(CC#C)C(=O)c1ccc(OCCCCOc2c(Cl)cc(OCC=C(Cl)Cl)cc2Cl)cc1. The summed E-state index contributed by atoms with van der Waals surface area (Å²) in [6.45, 7) is 1.37. The summed E-state index contributed by atoms with van der Waals surface area (Å²) in [6.07, 6.45) is 13.6. The first-order chi connectivity index (χ1) is 16.8. The minimum atomic E-state index is -0.224. The number of rotatable bonds is 13. The molecule has 0 aromatic heterocycles. The number of nitrogens with zero attached hydrogens (tertiary/aromatic N) is 1. The summed E-state index contributed by atoms with van der Waals surface area (Å²) in [5.74, 6) is 6.15. The molecular formula is C26H23Cl4NO4. The smallest absolute Gasteiger partial charge is 0.255 e. The van der Waals surface area contributed by atoms with Gasteiger partial charge < -0.3 is 19.1 Å². The molecule has 0 saturated heterocycles. The molecule has 5 nitrogen and oxygen atoms in total. The number of ether oxygens (including phenoxy) is 3. The highest BCUT2D eigenvalue weighted by atomic mass is 35.5. The van der Waals surface area contributed by atoms with Gasteiger partial charge in [0.25, 0.3) is 5.91 Å². The molecule has 0 unspecified atom stereocenters. The van der Waals surface area contributed by atoms with E-state index in [1.54, 1.807) is 36.4 Å². The Balaban J connectivity index is 1.75. The number of terminal acetylenes is 2. The normalized spacial score (nSPS) is 10.0. The van der Waals surface area contributed by atoms with Gasteiger partial charge in [0.15, 0.2) is 5.75 Å². The minimum absolute atomic E-state index is 0.113. The van der Waals surface area contributed by atoms with E-state index in [0.717, 1.165) is 6.42 Å². The Morgan fingerprint density at radius 2 is 1.46 bits per heavy atom. The van der Waals surface area contributed by atoms with Gasteiger partial charge in [-0.1, -0.05) is 58.2 Å². The van der Waals surface area contributed by atoms with Crippen molar-refractivity contribution in [3.63, 3.8) is 0 Å². The fraction of sp³-hybridized carbons (Fsp3) is 0.269. The first kappa shape index (κ1) is 28.6. The molecule has 0 saturated carbocycles. The molecule has 0 aliphatic rings. The van der Waals surface area contributed by atoms with Gasteiger partial charge >= 0.3 is 0 Å². The van der Waals surface area contributed by atoms with Gasteiger partial charge in [0.1, 0.15) is 22.6 Å². The Bertz CT molecular complexity index is 1060. The van der Waals surface area contributed by atoms with Crippen LogP contribution in [-0.2, 0) is 0 Å². The quantitative estimate of drug-likeness (QED) is 0.206. The predicted molar refractivity (Wildman–Crippen MR) is 142 cm³/mol. The molecule has 35 heavy (non-hydrogen) atoms. The zero-order chi connectivity index (χ0) is 25.6. The Hall–Kier alpha value is -2.67. The topological polar surface area (TPSA) is 48.0 Å². The van der Waals surface area contributed by atoms with E-state index in [4.69, 9.17) is 73.5 Å². The van der Waals surface area contributed by atoms with Crippen molar-refractivity contribution in [3.05, 3.63) is 62.6 Å². The van der Waals surface area contributed by atoms with Crippen molar-refractivity contribution in [2.75, 3.05) is 32.9 Å². The molecule has 0 radical (unpaired) electrons. The number of halogens is 4. The van der Waals surface area contributed by atoms with Gasteiger partial charge in [-0.15, -0.1) is 12.8 Å². The Kier molecular flexibility index (Phi) is 12.5. The molecule has 0 fully saturated rings. The Morgan fingerprint density at radius 1 is 0.886 bits per heavy atom.